The van der Waals surface area contributed by atoms with Gasteiger partial charge in [-0.1, -0.05) is 47.5 Å². The van der Waals surface area contributed by atoms with Gasteiger partial charge in [-0.2, -0.15) is 18.3 Å². The molecular weight excluding hydrogens is 430 g/mol. The van der Waals surface area contributed by atoms with Gasteiger partial charge in [0.15, 0.2) is 12.4 Å². The van der Waals surface area contributed by atoms with Gasteiger partial charge < -0.3 is 10.1 Å². The van der Waals surface area contributed by atoms with Crippen molar-refractivity contribution in [2.75, 3.05) is 11.9 Å². The number of carbonyl (C=O) groups excluding carboxylic acids is 1. The van der Waals surface area contributed by atoms with Crippen LogP contribution in [0.4, 0.5) is 19.0 Å². The lowest BCUT2D eigenvalue weighted by atomic mass is 10.2. The Kier molecular flexibility index (Phi) is 6.34. The van der Waals surface area contributed by atoms with E-state index >= 15 is 0 Å². The van der Waals surface area contributed by atoms with E-state index in [-0.39, 0.29) is 22.2 Å². The monoisotopic (exact) mass is 443 g/mol. The molecule has 0 aliphatic heterocycles. The van der Waals surface area contributed by atoms with Gasteiger partial charge in [0.05, 0.1) is 6.54 Å². The number of aromatic nitrogens is 2. The smallest absolute Gasteiger partial charge is 0.422 e. The predicted molar refractivity (Wildman–Crippen MR) is 104 cm³/mol. The molecule has 0 saturated carbocycles. The maximum atomic E-state index is 12.4. The first-order valence-corrected chi connectivity index (χ1v) is 9.04. The summed E-state index contributed by atoms with van der Waals surface area (Å²) >= 11 is 12.3. The van der Waals surface area contributed by atoms with Gasteiger partial charge in [-0.15, -0.1) is 0 Å². The maximum Gasteiger partial charge on any atom is 0.422 e. The molecule has 5 nitrogen and oxygen atoms in total. The number of amides is 1. The van der Waals surface area contributed by atoms with Crippen LogP contribution in [0, 0.1) is 0 Å². The molecule has 152 valence electrons. The molecule has 1 aromatic heterocycles. The summed E-state index contributed by atoms with van der Waals surface area (Å²) in [7, 11) is 0. The van der Waals surface area contributed by atoms with E-state index in [1.807, 2.05) is 12.1 Å². The quantitative estimate of drug-likeness (QED) is 0.552. The van der Waals surface area contributed by atoms with Crippen molar-refractivity contribution in [3.05, 3.63) is 75.9 Å². The van der Waals surface area contributed by atoms with Gasteiger partial charge in [0.25, 0.3) is 5.91 Å². The Labute approximate surface area is 174 Å². The molecule has 0 fully saturated rings. The van der Waals surface area contributed by atoms with Crippen LogP contribution in [0.25, 0.3) is 0 Å². The number of carbonyl (C=O) groups is 1. The molecule has 0 bridgehead atoms. The number of halogens is 5. The Morgan fingerprint density at radius 1 is 1.10 bits per heavy atom. The van der Waals surface area contributed by atoms with E-state index in [9.17, 15) is 18.0 Å². The standard InChI is InChI=1S/C19H14Cl2F3N3O2/c20-15-7-2-1-4-13(15)9-27-10-16(21)17(26-27)25-18(28)12-5-3-6-14(8-12)29-11-19(22,23)24/h1-8,10H,9,11H2,(H,25,26,28). The molecule has 0 atom stereocenters. The molecular formula is C19H14Cl2F3N3O2. The SMILES string of the molecule is O=C(Nc1nn(Cc2ccccc2Cl)cc1Cl)c1cccc(OCC(F)(F)F)c1. The van der Waals surface area contributed by atoms with E-state index in [0.717, 1.165) is 5.56 Å². The molecule has 1 N–H and O–H groups in total. The summed E-state index contributed by atoms with van der Waals surface area (Å²) in [5.41, 5.74) is 0.919. The van der Waals surface area contributed by atoms with E-state index in [1.165, 1.54) is 35.1 Å². The Bertz CT molecular complexity index is 1020. The fourth-order valence-corrected chi connectivity index (χ4v) is 2.83. The third kappa shape index (κ3) is 5.88. The zero-order chi connectivity index (χ0) is 21.0. The molecule has 10 heteroatoms. The van der Waals surface area contributed by atoms with Crippen LogP contribution >= 0.6 is 23.2 Å². The van der Waals surface area contributed by atoms with Gasteiger partial charge in [-0.3, -0.25) is 9.48 Å². The lowest BCUT2D eigenvalue weighted by Gasteiger charge is -2.10. The fourth-order valence-electron chi connectivity index (χ4n) is 2.44. The van der Waals surface area contributed by atoms with Gasteiger partial charge in [0.2, 0.25) is 0 Å². The molecule has 0 spiro atoms. The second-order valence-corrected chi connectivity index (χ2v) is 6.81. The van der Waals surface area contributed by atoms with E-state index in [1.54, 1.807) is 12.1 Å². The van der Waals surface area contributed by atoms with Gasteiger partial charge >= 0.3 is 6.18 Å². The average Bonchev–Trinajstić information content (AvgIpc) is 3.00. The van der Waals surface area contributed by atoms with E-state index < -0.39 is 18.7 Å². The second kappa shape index (κ2) is 8.75. The fraction of sp³-hybridized carbons (Fsp3) is 0.158. The Balaban J connectivity index is 1.69. The van der Waals surface area contributed by atoms with Crippen molar-refractivity contribution in [3.8, 4) is 5.75 Å². The largest absolute Gasteiger partial charge is 0.484 e. The number of benzene rings is 2. The summed E-state index contributed by atoms with van der Waals surface area (Å²) in [6.07, 6.45) is -2.94. The minimum absolute atomic E-state index is 0.0784. The molecule has 3 rings (SSSR count). The third-order valence-electron chi connectivity index (χ3n) is 3.74. The summed E-state index contributed by atoms with van der Waals surface area (Å²) < 4.78 is 43.0. The van der Waals surface area contributed by atoms with Crippen LogP contribution in [0.1, 0.15) is 15.9 Å². The number of rotatable bonds is 6. The number of nitrogens with zero attached hydrogens (tertiary/aromatic N) is 2. The van der Waals surface area contributed by atoms with E-state index in [0.29, 0.717) is 11.6 Å². The minimum atomic E-state index is -4.47. The van der Waals surface area contributed by atoms with Gasteiger partial charge in [-0.05, 0) is 29.8 Å². The minimum Gasteiger partial charge on any atom is -0.484 e. The van der Waals surface area contributed by atoms with Crippen molar-refractivity contribution in [3.63, 3.8) is 0 Å². The predicted octanol–water partition coefficient (Wildman–Crippen LogP) is 5.43. The topological polar surface area (TPSA) is 56.2 Å². The van der Waals surface area contributed by atoms with Crippen LogP contribution in [-0.4, -0.2) is 28.5 Å². The summed E-state index contributed by atoms with van der Waals surface area (Å²) in [6.45, 7) is -1.10. The number of ether oxygens (including phenoxy) is 1. The second-order valence-electron chi connectivity index (χ2n) is 6.00. The van der Waals surface area contributed by atoms with Crippen molar-refractivity contribution in [2.24, 2.45) is 0 Å². The maximum absolute atomic E-state index is 12.4. The van der Waals surface area contributed by atoms with Crippen molar-refractivity contribution in [1.82, 2.24) is 9.78 Å². The lowest BCUT2D eigenvalue weighted by Crippen LogP contribution is -2.19. The first-order chi connectivity index (χ1) is 13.7. The van der Waals surface area contributed by atoms with Crippen molar-refractivity contribution in [1.29, 1.82) is 0 Å². The third-order valence-corrected chi connectivity index (χ3v) is 4.38. The molecule has 3 aromatic rings. The molecule has 0 saturated heterocycles. The molecule has 0 radical (unpaired) electrons. The molecule has 1 heterocycles. The van der Waals surface area contributed by atoms with Crippen LogP contribution in [0.15, 0.2) is 54.7 Å². The Morgan fingerprint density at radius 2 is 1.86 bits per heavy atom. The molecule has 29 heavy (non-hydrogen) atoms. The lowest BCUT2D eigenvalue weighted by molar-refractivity contribution is -0.153. The Morgan fingerprint density at radius 3 is 2.59 bits per heavy atom. The van der Waals surface area contributed by atoms with Crippen molar-refractivity contribution < 1.29 is 22.7 Å². The van der Waals surface area contributed by atoms with Crippen LogP contribution < -0.4 is 10.1 Å². The molecule has 0 aliphatic rings. The zero-order valence-electron chi connectivity index (χ0n) is 14.7. The highest BCUT2D eigenvalue weighted by Crippen LogP contribution is 2.24. The van der Waals surface area contributed by atoms with Crippen LogP contribution in [-0.2, 0) is 6.54 Å². The van der Waals surface area contributed by atoms with Gasteiger partial charge in [0, 0.05) is 16.8 Å². The van der Waals surface area contributed by atoms with Crippen LogP contribution in [0.3, 0.4) is 0 Å². The molecule has 2 aromatic carbocycles. The summed E-state index contributed by atoms with van der Waals surface area (Å²) in [5.74, 6) is -0.553. The Hall–Kier alpha value is -2.71. The number of anilines is 1. The highest BCUT2D eigenvalue weighted by atomic mass is 35.5. The molecule has 0 aliphatic carbocycles. The van der Waals surface area contributed by atoms with Gasteiger partial charge in [0.1, 0.15) is 10.8 Å². The highest BCUT2D eigenvalue weighted by Gasteiger charge is 2.28. The van der Waals surface area contributed by atoms with E-state index in [2.05, 4.69) is 15.2 Å². The van der Waals surface area contributed by atoms with E-state index in [4.69, 9.17) is 23.2 Å². The highest BCUT2D eigenvalue weighted by molar-refractivity contribution is 6.33. The van der Waals surface area contributed by atoms with Gasteiger partial charge in [-0.25, -0.2) is 0 Å². The first-order valence-electron chi connectivity index (χ1n) is 8.28. The van der Waals surface area contributed by atoms with Crippen molar-refractivity contribution in [2.45, 2.75) is 12.7 Å². The summed E-state index contributed by atoms with van der Waals surface area (Å²) in [4.78, 5) is 12.4. The van der Waals surface area contributed by atoms with Crippen LogP contribution in [0.2, 0.25) is 10.0 Å². The average molecular weight is 444 g/mol. The number of hydrogen-bond donors (Lipinski definition) is 1. The van der Waals surface area contributed by atoms with Crippen molar-refractivity contribution >= 4 is 34.9 Å². The molecule has 1 amide bonds. The number of nitrogens with one attached hydrogen (secondary N) is 1. The summed E-state index contributed by atoms with van der Waals surface area (Å²) in [6, 6.07) is 12.6. The van der Waals surface area contributed by atoms with Crippen LogP contribution in [0.5, 0.6) is 5.75 Å². The zero-order valence-corrected chi connectivity index (χ0v) is 16.2. The summed E-state index contributed by atoms with van der Waals surface area (Å²) in [5, 5.41) is 7.52. The normalized spacial score (nSPS) is 11.3. The number of hydrogen-bond acceptors (Lipinski definition) is 3. The number of alkyl halides is 3. The first kappa shape index (κ1) is 21.0. The molecule has 0 unspecified atom stereocenters.